The van der Waals surface area contributed by atoms with E-state index in [-0.39, 0.29) is 24.4 Å². The normalized spacial score (nSPS) is 13.1. The number of nitrogens with zero attached hydrogens (tertiary/aromatic N) is 5. The van der Waals surface area contributed by atoms with Crippen LogP contribution < -0.4 is 15.4 Å². The van der Waals surface area contributed by atoms with Crippen LogP contribution in [0.5, 0.6) is 5.75 Å². The number of aromatic nitrogens is 4. The molecule has 0 bridgehead atoms. The average Bonchev–Trinajstić information content (AvgIpc) is 3.61. The number of methoxy groups -OCH3 is 1. The van der Waals surface area contributed by atoms with Gasteiger partial charge in [0.25, 0.3) is 11.8 Å². The summed E-state index contributed by atoms with van der Waals surface area (Å²) in [7, 11) is 1.53. The summed E-state index contributed by atoms with van der Waals surface area (Å²) in [6.45, 7) is 7.10. The van der Waals surface area contributed by atoms with Crippen LogP contribution in [-0.2, 0) is 29.2 Å². The molecule has 1 fully saturated rings. The summed E-state index contributed by atoms with van der Waals surface area (Å²) in [4.78, 5) is 45.4. The van der Waals surface area contributed by atoms with Crippen molar-refractivity contribution in [3.8, 4) is 5.75 Å². The minimum absolute atomic E-state index is 0.144. The van der Waals surface area contributed by atoms with E-state index in [1.165, 1.54) is 7.11 Å². The predicted octanol–water partition coefficient (Wildman–Crippen LogP) is 3.61. The molecule has 0 radical (unpaired) electrons. The van der Waals surface area contributed by atoms with Gasteiger partial charge in [0.05, 0.1) is 31.5 Å². The molecule has 1 aliphatic heterocycles. The molecule has 2 aromatic heterocycles. The van der Waals surface area contributed by atoms with Crippen LogP contribution >= 0.6 is 0 Å². The minimum Gasteiger partial charge on any atom is -0.494 e. The van der Waals surface area contributed by atoms with Gasteiger partial charge in [-0.2, -0.15) is 5.10 Å². The molecule has 13 nitrogen and oxygen atoms in total. The largest absolute Gasteiger partial charge is 0.494 e. The number of imidazole rings is 1. The Morgan fingerprint density at radius 1 is 1.07 bits per heavy atom. The fraction of sp³-hybridized carbons (Fsp3) is 0.387. The molecule has 3 amide bonds. The molecule has 0 spiro atoms. The maximum atomic E-state index is 13.4. The summed E-state index contributed by atoms with van der Waals surface area (Å²) in [5, 5.41) is 10.1. The van der Waals surface area contributed by atoms with Crippen molar-refractivity contribution < 1.29 is 28.6 Å². The van der Waals surface area contributed by atoms with E-state index in [1.54, 1.807) is 27.8 Å². The molecule has 232 valence electrons. The zero-order valence-electron chi connectivity index (χ0n) is 25.2. The van der Waals surface area contributed by atoms with Crippen molar-refractivity contribution in [2.45, 2.75) is 40.0 Å². The molecule has 0 saturated carbocycles. The van der Waals surface area contributed by atoms with Crippen LogP contribution in [0.4, 0.5) is 10.7 Å². The summed E-state index contributed by atoms with van der Waals surface area (Å²) in [5.41, 5.74) is 3.57. The number of hydrogen-bond acceptors (Lipinski definition) is 8. The lowest BCUT2D eigenvalue weighted by molar-refractivity contribution is 0.0303. The molecule has 1 aliphatic rings. The number of rotatable bonds is 11. The van der Waals surface area contributed by atoms with Gasteiger partial charge in [0.1, 0.15) is 23.6 Å². The van der Waals surface area contributed by atoms with Gasteiger partial charge in [-0.15, -0.1) is 0 Å². The van der Waals surface area contributed by atoms with E-state index in [0.29, 0.717) is 80.4 Å². The highest BCUT2D eigenvalue weighted by Crippen LogP contribution is 2.32. The van der Waals surface area contributed by atoms with Gasteiger partial charge in [0.15, 0.2) is 0 Å². The lowest BCUT2D eigenvalue weighted by Gasteiger charge is -2.27. The Bertz CT molecular complexity index is 1630. The molecule has 13 heteroatoms. The van der Waals surface area contributed by atoms with E-state index >= 15 is 0 Å². The topological polar surface area (TPSA) is 142 Å². The first kappa shape index (κ1) is 30.5. The van der Waals surface area contributed by atoms with Gasteiger partial charge < -0.3 is 29.0 Å². The highest BCUT2D eigenvalue weighted by atomic mass is 16.5. The van der Waals surface area contributed by atoms with Gasteiger partial charge in [-0.3, -0.25) is 19.6 Å². The molecule has 3 heterocycles. The van der Waals surface area contributed by atoms with Crippen LogP contribution in [0, 0.1) is 6.92 Å². The first-order valence-corrected chi connectivity index (χ1v) is 14.6. The number of benzene rings is 2. The Balaban J connectivity index is 1.38. The van der Waals surface area contributed by atoms with E-state index in [2.05, 4.69) is 15.7 Å². The number of nitrogens with one attached hydrogen (secondary N) is 2. The second kappa shape index (κ2) is 14.0. The summed E-state index contributed by atoms with van der Waals surface area (Å²) in [5.74, 6) is 0.216. The van der Waals surface area contributed by atoms with Gasteiger partial charge in [-0.1, -0.05) is 30.3 Å². The molecule has 44 heavy (non-hydrogen) atoms. The van der Waals surface area contributed by atoms with Crippen LogP contribution in [0.2, 0.25) is 0 Å². The SMILES string of the molecule is CCn1nc(C)cc1C(=O)Nc1nc2cc(C(=O)N3CCOCC3)cc(OC)c2n1CCCNC(=O)OCc1ccccc1. The Morgan fingerprint density at radius 3 is 2.57 bits per heavy atom. The second-order valence-corrected chi connectivity index (χ2v) is 10.3. The van der Waals surface area contributed by atoms with E-state index < -0.39 is 6.09 Å². The predicted molar refractivity (Wildman–Crippen MR) is 163 cm³/mol. The van der Waals surface area contributed by atoms with Crippen LogP contribution in [0.3, 0.4) is 0 Å². The van der Waals surface area contributed by atoms with Crippen LogP contribution in [0.15, 0.2) is 48.5 Å². The number of fused-ring (bicyclic) bond motifs is 1. The summed E-state index contributed by atoms with van der Waals surface area (Å²) in [6, 6.07) is 14.6. The third kappa shape index (κ3) is 7.00. The molecule has 2 aromatic carbocycles. The van der Waals surface area contributed by atoms with E-state index in [4.69, 9.17) is 19.2 Å². The Morgan fingerprint density at radius 2 is 1.84 bits per heavy atom. The fourth-order valence-corrected chi connectivity index (χ4v) is 5.11. The van der Waals surface area contributed by atoms with Crippen molar-refractivity contribution in [3.05, 3.63) is 71.0 Å². The number of amides is 3. The number of anilines is 1. The van der Waals surface area contributed by atoms with Crippen LogP contribution in [-0.4, -0.2) is 82.1 Å². The van der Waals surface area contributed by atoms with Crippen molar-refractivity contribution in [1.82, 2.24) is 29.5 Å². The molecule has 0 unspecified atom stereocenters. The minimum atomic E-state index is -0.523. The lowest BCUT2D eigenvalue weighted by Crippen LogP contribution is -2.40. The van der Waals surface area contributed by atoms with Crippen molar-refractivity contribution in [2.24, 2.45) is 0 Å². The fourth-order valence-electron chi connectivity index (χ4n) is 5.11. The Labute approximate surface area is 255 Å². The molecule has 5 rings (SSSR count). The van der Waals surface area contributed by atoms with Gasteiger partial charge in [-0.05, 0) is 44.0 Å². The Hall–Kier alpha value is -4.91. The molecular weight excluding hydrogens is 566 g/mol. The third-order valence-electron chi connectivity index (χ3n) is 7.27. The molecule has 0 aliphatic carbocycles. The van der Waals surface area contributed by atoms with Crippen molar-refractivity contribution in [3.63, 3.8) is 0 Å². The number of aryl methyl sites for hydroxylation is 3. The molecular formula is C31H37N7O6. The standard InChI is InChI=1S/C31H37N7O6/c1-4-38-25(17-21(2)35-38)28(39)34-30-33-24-18-23(29(40)36-13-15-43-16-14-36)19-26(42-3)27(24)37(30)12-8-11-32-31(41)44-20-22-9-6-5-7-10-22/h5-7,9-10,17-19H,4,8,11-16,20H2,1-3H3,(H,32,41)(H,33,34,39). The van der Waals surface area contributed by atoms with Crippen LogP contribution in [0.25, 0.3) is 11.0 Å². The highest BCUT2D eigenvalue weighted by Gasteiger charge is 2.24. The second-order valence-electron chi connectivity index (χ2n) is 10.3. The first-order valence-electron chi connectivity index (χ1n) is 14.6. The van der Waals surface area contributed by atoms with Crippen LogP contribution in [0.1, 0.15) is 45.4 Å². The highest BCUT2D eigenvalue weighted by molar-refractivity contribution is 6.04. The molecule has 1 saturated heterocycles. The average molecular weight is 604 g/mol. The Kier molecular flexibility index (Phi) is 9.75. The molecule has 4 aromatic rings. The van der Waals surface area contributed by atoms with Gasteiger partial charge in [0.2, 0.25) is 5.95 Å². The zero-order valence-corrected chi connectivity index (χ0v) is 25.2. The quantitative estimate of drug-likeness (QED) is 0.248. The number of hydrogen-bond donors (Lipinski definition) is 2. The number of ether oxygens (including phenoxy) is 3. The monoisotopic (exact) mass is 603 g/mol. The van der Waals surface area contributed by atoms with E-state index in [9.17, 15) is 14.4 Å². The van der Waals surface area contributed by atoms with Gasteiger partial charge in [0, 0.05) is 38.3 Å². The maximum Gasteiger partial charge on any atom is 0.407 e. The van der Waals surface area contributed by atoms with Crippen molar-refractivity contribution >= 4 is 34.9 Å². The maximum absolute atomic E-state index is 13.4. The number of alkyl carbamates (subject to hydrolysis) is 1. The summed E-state index contributed by atoms with van der Waals surface area (Å²) >= 11 is 0. The number of morpholine rings is 1. The summed E-state index contributed by atoms with van der Waals surface area (Å²) < 4.78 is 19.9. The zero-order chi connectivity index (χ0) is 31.1. The van der Waals surface area contributed by atoms with E-state index in [1.807, 2.05) is 48.7 Å². The van der Waals surface area contributed by atoms with Crippen molar-refractivity contribution in [2.75, 3.05) is 45.3 Å². The first-order chi connectivity index (χ1) is 21.4. The van der Waals surface area contributed by atoms with Crippen molar-refractivity contribution in [1.29, 1.82) is 0 Å². The smallest absolute Gasteiger partial charge is 0.407 e. The number of carbonyl (C=O) groups excluding carboxylic acids is 3. The van der Waals surface area contributed by atoms with Gasteiger partial charge >= 0.3 is 6.09 Å². The lowest BCUT2D eigenvalue weighted by atomic mass is 10.1. The third-order valence-corrected chi connectivity index (χ3v) is 7.27. The molecule has 0 atom stereocenters. The van der Waals surface area contributed by atoms with Gasteiger partial charge in [-0.25, -0.2) is 9.78 Å². The number of carbonyl (C=O) groups is 3. The molecule has 2 N–H and O–H groups in total. The summed E-state index contributed by atoms with van der Waals surface area (Å²) in [6.07, 6.45) is -0.0248. The van der Waals surface area contributed by atoms with E-state index in [0.717, 1.165) is 11.3 Å².